The summed E-state index contributed by atoms with van der Waals surface area (Å²) in [6.07, 6.45) is 3.81. The zero-order valence-electron chi connectivity index (χ0n) is 15.4. The predicted molar refractivity (Wildman–Crippen MR) is 99.4 cm³/mol. The van der Waals surface area contributed by atoms with Gasteiger partial charge in [0.25, 0.3) is 0 Å². The Hall–Kier alpha value is -2.19. The molecule has 1 aromatic heterocycles. The third-order valence-corrected chi connectivity index (χ3v) is 7.81. The molecule has 3 heterocycles. The molecule has 2 fully saturated rings. The second-order valence-electron chi connectivity index (χ2n) is 7.38. The van der Waals surface area contributed by atoms with E-state index in [0.717, 1.165) is 19.1 Å². The highest BCUT2D eigenvalue weighted by atomic mass is 32.2. The molecule has 0 aliphatic carbocycles. The third-order valence-electron chi connectivity index (χ3n) is 5.54. The largest absolute Gasteiger partial charge is 0.490 e. The van der Waals surface area contributed by atoms with Crippen molar-refractivity contribution in [2.75, 3.05) is 0 Å². The fraction of sp³-hybridized carbons (Fsp3) is 0.474. The molecule has 2 bridgehead atoms. The lowest BCUT2D eigenvalue weighted by atomic mass is 10.0. The van der Waals surface area contributed by atoms with Gasteiger partial charge in [-0.05, 0) is 51.0 Å². The molecule has 0 unspecified atom stereocenters. The van der Waals surface area contributed by atoms with Crippen LogP contribution < -0.4 is 4.74 Å². The van der Waals surface area contributed by atoms with Gasteiger partial charge in [0, 0.05) is 30.5 Å². The van der Waals surface area contributed by atoms with Crippen molar-refractivity contribution < 1.29 is 17.9 Å². The predicted octanol–water partition coefficient (Wildman–Crippen LogP) is 2.60. The van der Waals surface area contributed by atoms with Crippen LogP contribution in [0.15, 0.2) is 29.2 Å². The van der Waals surface area contributed by atoms with Crippen LogP contribution in [0.1, 0.15) is 47.4 Å². The van der Waals surface area contributed by atoms with Crippen molar-refractivity contribution >= 4 is 16.3 Å². The minimum Gasteiger partial charge on any atom is -0.490 e. The van der Waals surface area contributed by atoms with Crippen LogP contribution in [0.3, 0.4) is 0 Å². The number of piperidine rings is 1. The third kappa shape index (κ3) is 3.17. The van der Waals surface area contributed by atoms with Gasteiger partial charge in [0.15, 0.2) is 0 Å². The second kappa shape index (κ2) is 6.76. The first-order valence-corrected chi connectivity index (χ1v) is 10.6. The first kappa shape index (κ1) is 18.2. The summed E-state index contributed by atoms with van der Waals surface area (Å²) >= 11 is 0. The van der Waals surface area contributed by atoms with Crippen molar-refractivity contribution in [1.82, 2.24) is 14.5 Å². The smallest absolute Gasteiger partial charge is 0.247 e. The quantitative estimate of drug-likeness (QED) is 0.794. The summed E-state index contributed by atoms with van der Waals surface area (Å²) in [7, 11) is -3.58. The molecule has 27 heavy (non-hydrogen) atoms. The number of fused-ring (bicyclic) bond motifs is 2. The summed E-state index contributed by atoms with van der Waals surface area (Å²) in [5.74, 6) is 0.711. The van der Waals surface area contributed by atoms with Crippen molar-refractivity contribution in [1.29, 1.82) is 0 Å². The standard InChI is InChI=1S/C19H23N3O4S/c1-12-19(13(2)21-20-12)27(24,25)22-15-5-6-16(22)10-18(9-15)26-17-7-3-14(11-23)4-8-17/h3-4,7-8,11,15-16,18H,5-6,9-10H2,1-2H3,(H,20,21)/t15-,16+,18-. The van der Waals surface area contributed by atoms with Crippen LogP contribution >= 0.6 is 0 Å². The number of sulfonamides is 1. The van der Waals surface area contributed by atoms with E-state index in [1.54, 1.807) is 42.4 Å². The molecule has 144 valence electrons. The summed E-state index contributed by atoms with van der Waals surface area (Å²) in [5, 5.41) is 6.83. The highest BCUT2D eigenvalue weighted by Crippen LogP contribution is 2.41. The number of nitrogens with one attached hydrogen (secondary N) is 1. The monoisotopic (exact) mass is 389 g/mol. The fourth-order valence-electron chi connectivity index (χ4n) is 4.42. The topological polar surface area (TPSA) is 92.4 Å². The minimum absolute atomic E-state index is 0.0254. The lowest BCUT2D eigenvalue weighted by Crippen LogP contribution is -2.49. The van der Waals surface area contributed by atoms with Gasteiger partial charge >= 0.3 is 0 Å². The van der Waals surface area contributed by atoms with E-state index in [9.17, 15) is 13.2 Å². The summed E-state index contributed by atoms with van der Waals surface area (Å²) in [4.78, 5) is 11.1. The van der Waals surface area contributed by atoms with Crippen LogP contribution in [0.5, 0.6) is 5.75 Å². The molecule has 7 nitrogen and oxygen atoms in total. The molecule has 2 aliphatic heterocycles. The van der Waals surface area contributed by atoms with E-state index in [4.69, 9.17) is 4.74 Å². The van der Waals surface area contributed by atoms with Crippen molar-refractivity contribution in [3.05, 3.63) is 41.2 Å². The molecule has 1 N–H and O–H groups in total. The van der Waals surface area contributed by atoms with Crippen LogP contribution in [0.25, 0.3) is 0 Å². The van der Waals surface area contributed by atoms with Crippen LogP contribution in [-0.4, -0.2) is 47.4 Å². The molecule has 1 aromatic carbocycles. The number of aromatic nitrogens is 2. The first-order chi connectivity index (χ1) is 12.9. The van der Waals surface area contributed by atoms with E-state index >= 15 is 0 Å². The average Bonchev–Trinajstić information content (AvgIpc) is 3.13. The molecule has 3 atom stereocenters. The summed E-state index contributed by atoms with van der Waals surface area (Å²) in [6, 6.07) is 6.91. The number of nitrogens with zero attached hydrogens (tertiary/aromatic N) is 2. The summed E-state index contributed by atoms with van der Waals surface area (Å²) in [6.45, 7) is 3.46. The van der Waals surface area contributed by atoms with Gasteiger partial charge in [0.2, 0.25) is 10.0 Å². The number of ether oxygens (including phenoxy) is 1. The zero-order chi connectivity index (χ0) is 19.2. The van der Waals surface area contributed by atoms with Gasteiger partial charge < -0.3 is 4.74 Å². The number of rotatable bonds is 5. The minimum atomic E-state index is -3.58. The molecule has 0 spiro atoms. The highest BCUT2D eigenvalue weighted by molar-refractivity contribution is 7.89. The number of hydrogen-bond acceptors (Lipinski definition) is 5. The number of aldehydes is 1. The van der Waals surface area contributed by atoms with Gasteiger partial charge in [-0.1, -0.05) is 0 Å². The Morgan fingerprint density at radius 1 is 1.15 bits per heavy atom. The second-order valence-corrected chi connectivity index (χ2v) is 9.16. The summed E-state index contributed by atoms with van der Waals surface area (Å²) < 4.78 is 34.3. The van der Waals surface area contributed by atoms with Gasteiger partial charge in [0.1, 0.15) is 23.0 Å². The maximum Gasteiger partial charge on any atom is 0.247 e. The number of H-pyrrole nitrogens is 1. The van der Waals surface area contributed by atoms with Crippen LogP contribution in [0.4, 0.5) is 0 Å². The van der Waals surface area contributed by atoms with Crippen LogP contribution in [0, 0.1) is 13.8 Å². The Morgan fingerprint density at radius 3 is 2.30 bits per heavy atom. The molecular weight excluding hydrogens is 366 g/mol. The van der Waals surface area contributed by atoms with Crippen molar-refractivity contribution in [3.8, 4) is 5.75 Å². The Balaban J connectivity index is 1.53. The van der Waals surface area contributed by atoms with Gasteiger partial charge in [-0.3, -0.25) is 9.89 Å². The normalized spacial score (nSPS) is 25.5. The van der Waals surface area contributed by atoms with Gasteiger partial charge in [-0.25, -0.2) is 8.42 Å². The van der Waals surface area contributed by atoms with Crippen molar-refractivity contribution in [2.45, 2.75) is 62.6 Å². The molecule has 8 heteroatoms. The molecule has 2 aliphatic rings. The van der Waals surface area contributed by atoms with Gasteiger partial charge in [-0.2, -0.15) is 9.40 Å². The fourth-order valence-corrected chi connectivity index (χ4v) is 6.65. The molecular formula is C19H23N3O4S. The zero-order valence-corrected chi connectivity index (χ0v) is 16.2. The lowest BCUT2D eigenvalue weighted by molar-refractivity contribution is 0.0956. The summed E-state index contributed by atoms with van der Waals surface area (Å²) in [5.41, 5.74) is 1.70. The molecule has 0 amide bonds. The molecule has 4 rings (SSSR count). The van der Waals surface area contributed by atoms with Crippen LogP contribution in [0.2, 0.25) is 0 Å². The number of hydrogen-bond donors (Lipinski definition) is 1. The first-order valence-electron chi connectivity index (χ1n) is 9.17. The number of carbonyl (C=O) groups is 1. The Bertz CT molecular complexity index is 918. The van der Waals surface area contributed by atoms with E-state index in [1.165, 1.54) is 0 Å². The maximum atomic E-state index is 13.3. The lowest BCUT2D eigenvalue weighted by Gasteiger charge is -2.37. The van der Waals surface area contributed by atoms with E-state index in [2.05, 4.69) is 10.2 Å². The number of aryl methyl sites for hydroxylation is 2. The van der Waals surface area contributed by atoms with Gasteiger partial charge in [-0.15, -0.1) is 0 Å². The van der Waals surface area contributed by atoms with E-state index in [-0.39, 0.29) is 18.2 Å². The van der Waals surface area contributed by atoms with Gasteiger partial charge in [0.05, 0.1) is 11.4 Å². The Morgan fingerprint density at radius 2 is 1.78 bits per heavy atom. The molecule has 2 aromatic rings. The molecule has 0 saturated carbocycles. The number of aromatic amines is 1. The van der Waals surface area contributed by atoms with Crippen molar-refractivity contribution in [2.24, 2.45) is 0 Å². The average molecular weight is 389 g/mol. The molecule has 2 saturated heterocycles. The van der Waals surface area contributed by atoms with E-state index < -0.39 is 10.0 Å². The number of benzene rings is 1. The highest BCUT2D eigenvalue weighted by Gasteiger charge is 2.48. The van der Waals surface area contributed by atoms with E-state index in [0.29, 0.717) is 40.4 Å². The Kier molecular flexibility index (Phi) is 4.55. The van der Waals surface area contributed by atoms with Crippen LogP contribution in [-0.2, 0) is 10.0 Å². The van der Waals surface area contributed by atoms with Crippen molar-refractivity contribution in [3.63, 3.8) is 0 Å². The maximum absolute atomic E-state index is 13.3. The number of carbonyl (C=O) groups excluding carboxylic acids is 1. The van der Waals surface area contributed by atoms with E-state index in [1.807, 2.05) is 0 Å². The molecule has 0 radical (unpaired) electrons. The Labute approximate surface area is 158 Å². The SMILES string of the molecule is Cc1n[nH]c(C)c1S(=O)(=O)N1[C@@H]2CC[C@H]1C[C@H](Oc1ccc(C=O)cc1)C2.